The third kappa shape index (κ3) is 4.01. The van der Waals surface area contributed by atoms with Crippen LogP contribution in [0.4, 0.5) is 10.5 Å². The van der Waals surface area contributed by atoms with E-state index in [1.165, 1.54) is 12.1 Å². The highest BCUT2D eigenvalue weighted by molar-refractivity contribution is 7.92. The SMILES string of the molecule is O=C(Nc1ccc(Cl)c(S(=O)(=O)[C@H]2CCCNC2)c1O)N[C@@H]1CCCc2ccoc21. The van der Waals surface area contributed by atoms with Crippen molar-refractivity contribution in [1.29, 1.82) is 0 Å². The Morgan fingerprint density at radius 1 is 1.23 bits per heavy atom. The smallest absolute Gasteiger partial charge is 0.319 e. The summed E-state index contributed by atoms with van der Waals surface area (Å²) in [5.41, 5.74) is 1.05. The number of nitrogens with one attached hydrogen (secondary N) is 3. The number of benzene rings is 1. The molecule has 0 spiro atoms. The zero-order chi connectivity index (χ0) is 21.3. The maximum absolute atomic E-state index is 13.1. The van der Waals surface area contributed by atoms with Crippen molar-refractivity contribution in [1.82, 2.24) is 10.6 Å². The van der Waals surface area contributed by atoms with Gasteiger partial charge in [0.1, 0.15) is 10.7 Å². The van der Waals surface area contributed by atoms with Crippen LogP contribution in [-0.4, -0.2) is 37.9 Å². The van der Waals surface area contributed by atoms with Gasteiger partial charge in [-0.3, -0.25) is 0 Å². The highest BCUT2D eigenvalue weighted by Gasteiger charge is 2.34. The molecule has 1 aliphatic carbocycles. The molecule has 4 N–H and O–H groups in total. The van der Waals surface area contributed by atoms with Crippen LogP contribution in [0.3, 0.4) is 0 Å². The van der Waals surface area contributed by atoms with Crippen molar-refractivity contribution < 1.29 is 22.7 Å². The second kappa shape index (κ2) is 8.49. The zero-order valence-corrected chi connectivity index (χ0v) is 17.9. The second-order valence-corrected chi connectivity index (χ2v) is 10.2. The molecule has 8 nitrogen and oxygen atoms in total. The Morgan fingerprint density at radius 2 is 2.07 bits per heavy atom. The Balaban J connectivity index is 1.54. The molecule has 1 fully saturated rings. The van der Waals surface area contributed by atoms with E-state index in [1.54, 1.807) is 6.26 Å². The highest BCUT2D eigenvalue weighted by Crippen LogP contribution is 2.39. The molecule has 0 unspecified atom stereocenters. The molecule has 4 rings (SSSR count). The molecule has 0 bridgehead atoms. The number of carbonyl (C=O) groups excluding carboxylic acids is 1. The van der Waals surface area contributed by atoms with Crippen molar-refractivity contribution >= 4 is 33.2 Å². The Labute approximate surface area is 179 Å². The van der Waals surface area contributed by atoms with Gasteiger partial charge in [-0.15, -0.1) is 0 Å². The average molecular weight is 454 g/mol. The van der Waals surface area contributed by atoms with Crippen LogP contribution in [0, 0.1) is 0 Å². The molecule has 2 aromatic rings. The van der Waals surface area contributed by atoms with Gasteiger partial charge in [-0.2, -0.15) is 0 Å². The quantitative estimate of drug-likeness (QED) is 0.527. The fourth-order valence-electron chi connectivity index (χ4n) is 4.11. The van der Waals surface area contributed by atoms with E-state index in [2.05, 4.69) is 16.0 Å². The van der Waals surface area contributed by atoms with E-state index in [4.69, 9.17) is 16.0 Å². The lowest BCUT2D eigenvalue weighted by Crippen LogP contribution is -2.39. The van der Waals surface area contributed by atoms with Crippen molar-refractivity contribution in [2.24, 2.45) is 0 Å². The molecule has 30 heavy (non-hydrogen) atoms. The van der Waals surface area contributed by atoms with Crippen LogP contribution in [0.1, 0.15) is 43.0 Å². The lowest BCUT2D eigenvalue weighted by molar-refractivity contribution is 0.244. The number of hydrogen-bond donors (Lipinski definition) is 4. The topological polar surface area (TPSA) is 121 Å². The molecule has 1 aromatic heterocycles. The van der Waals surface area contributed by atoms with Gasteiger partial charge in [-0.05, 0) is 62.4 Å². The Bertz CT molecular complexity index is 1050. The lowest BCUT2D eigenvalue weighted by Gasteiger charge is -2.24. The largest absolute Gasteiger partial charge is 0.504 e. The second-order valence-electron chi connectivity index (χ2n) is 7.64. The van der Waals surface area contributed by atoms with E-state index in [9.17, 15) is 18.3 Å². The standard InChI is InChI=1S/C20H24ClN3O5S/c21-14-6-7-15(17(25)19(14)30(27,28)13-4-2-9-22-11-13)23-20(26)24-16-5-1-3-12-8-10-29-18(12)16/h6-8,10,13,16,22,25H,1-5,9,11H2,(H2,23,24,26)/t13-,16+/m0/s1. The van der Waals surface area contributed by atoms with Crippen molar-refractivity contribution in [2.45, 2.75) is 48.3 Å². The number of halogens is 1. The summed E-state index contributed by atoms with van der Waals surface area (Å²) in [7, 11) is -3.87. The maximum atomic E-state index is 13.1. The van der Waals surface area contributed by atoms with Crippen LogP contribution in [0.5, 0.6) is 5.75 Å². The molecule has 2 atom stereocenters. The number of phenols is 1. The molecule has 10 heteroatoms. The predicted molar refractivity (Wildman–Crippen MR) is 113 cm³/mol. The first-order valence-electron chi connectivity index (χ1n) is 9.98. The number of carbonyl (C=O) groups is 1. The molecule has 162 valence electrons. The normalized spacial score (nSPS) is 21.6. The van der Waals surface area contributed by atoms with Crippen LogP contribution in [0.15, 0.2) is 33.8 Å². The van der Waals surface area contributed by atoms with Crippen LogP contribution >= 0.6 is 11.6 Å². The molecule has 2 aliphatic rings. The lowest BCUT2D eigenvalue weighted by atomic mass is 9.94. The van der Waals surface area contributed by atoms with Crippen LogP contribution < -0.4 is 16.0 Å². The van der Waals surface area contributed by atoms with E-state index in [0.29, 0.717) is 13.0 Å². The number of rotatable bonds is 4. The van der Waals surface area contributed by atoms with Gasteiger partial charge < -0.3 is 25.5 Å². The van der Waals surface area contributed by atoms with Gasteiger partial charge in [0.2, 0.25) is 0 Å². The summed E-state index contributed by atoms with van der Waals surface area (Å²) in [6, 6.07) is 3.79. The van der Waals surface area contributed by atoms with E-state index in [-0.39, 0.29) is 21.6 Å². The molecule has 2 heterocycles. The fourth-order valence-corrected chi connectivity index (χ4v) is 6.45. The van der Waals surface area contributed by atoms with Gasteiger partial charge in [0.05, 0.1) is 28.3 Å². The van der Waals surface area contributed by atoms with E-state index < -0.39 is 26.9 Å². The van der Waals surface area contributed by atoms with Crippen molar-refractivity contribution in [3.8, 4) is 5.75 Å². The summed E-state index contributed by atoms with van der Waals surface area (Å²) in [6.45, 7) is 1.05. The van der Waals surface area contributed by atoms with Crippen LogP contribution in [-0.2, 0) is 16.3 Å². The van der Waals surface area contributed by atoms with Gasteiger partial charge >= 0.3 is 6.03 Å². The van der Waals surface area contributed by atoms with Gasteiger partial charge in [0, 0.05) is 6.54 Å². The van der Waals surface area contributed by atoms with Crippen molar-refractivity contribution in [3.63, 3.8) is 0 Å². The number of piperidine rings is 1. The number of phenolic OH excluding ortho intramolecular Hbond substituents is 1. The number of sulfone groups is 1. The summed E-state index contributed by atoms with van der Waals surface area (Å²) in [5.74, 6) is 0.176. The van der Waals surface area contributed by atoms with E-state index in [1.807, 2.05) is 6.07 Å². The summed E-state index contributed by atoms with van der Waals surface area (Å²) in [4.78, 5) is 12.2. The number of anilines is 1. The first-order valence-corrected chi connectivity index (χ1v) is 11.9. The first-order chi connectivity index (χ1) is 14.4. The number of fused-ring (bicyclic) bond motifs is 1. The van der Waals surface area contributed by atoms with E-state index >= 15 is 0 Å². The number of hydrogen-bond acceptors (Lipinski definition) is 6. The summed E-state index contributed by atoms with van der Waals surface area (Å²) < 4.78 is 31.6. The van der Waals surface area contributed by atoms with Crippen LogP contribution in [0.2, 0.25) is 5.02 Å². The summed E-state index contributed by atoms with van der Waals surface area (Å²) in [5, 5.41) is 18.3. The fraction of sp³-hybridized carbons (Fsp3) is 0.450. The van der Waals surface area contributed by atoms with Crippen LogP contribution in [0.25, 0.3) is 0 Å². The molecular weight excluding hydrogens is 430 g/mol. The van der Waals surface area contributed by atoms with E-state index in [0.717, 1.165) is 43.6 Å². The maximum Gasteiger partial charge on any atom is 0.319 e. The molecule has 1 aromatic carbocycles. The molecular formula is C20H24ClN3O5S. The highest BCUT2D eigenvalue weighted by atomic mass is 35.5. The minimum atomic E-state index is -3.87. The van der Waals surface area contributed by atoms with Gasteiger partial charge in [-0.1, -0.05) is 11.6 Å². The summed E-state index contributed by atoms with van der Waals surface area (Å²) in [6.07, 6.45) is 5.36. The average Bonchev–Trinajstić information content (AvgIpc) is 3.21. The third-order valence-corrected chi connectivity index (χ3v) is 8.34. The summed E-state index contributed by atoms with van der Waals surface area (Å²) >= 11 is 6.14. The van der Waals surface area contributed by atoms with Crippen molar-refractivity contribution in [3.05, 3.63) is 40.8 Å². The molecule has 1 saturated heterocycles. The number of aromatic hydroxyl groups is 1. The number of urea groups is 1. The van der Waals surface area contributed by atoms with Gasteiger partial charge in [0.25, 0.3) is 0 Å². The Hall–Kier alpha value is -2.23. The third-order valence-electron chi connectivity index (χ3n) is 5.65. The van der Waals surface area contributed by atoms with Crippen molar-refractivity contribution in [2.75, 3.05) is 18.4 Å². The molecule has 0 radical (unpaired) electrons. The number of aryl methyl sites for hydroxylation is 1. The van der Waals surface area contributed by atoms with Gasteiger partial charge in [-0.25, -0.2) is 13.2 Å². The first kappa shape index (κ1) is 21.0. The predicted octanol–water partition coefficient (Wildman–Crippen LogP) is 3.36. The van der Waals surface area contributed by atoms with Gasteiger partial charge in [0.15, 0.2) is 15.6 Å². The minimum Gasteiger partial charge on any atom is -0.504 e. The monoisotopic (exact) mass is 453 g/mol. The number of amides is 2. The Kier molecular flexibility index (Phi) is 5.95. The Morgan fingerprint density at radius 3 is 2.83 bits per heavy atom. The molecule has 1 aliphatic heterocycles. The minimum absolute atomic E-state index is 0.0188. The number of furan rings is 1. The zero-order valence-electron chi connectivity index (χ0n) is 16.3. The molecule has 2 amide bonds. The molecule has 0 saturated carbocycles.